The monoisotopic (exact) mass is 606 g/mol. The molecule has 232 valence electrons. The normalized spacial score (nSPS) is 14.2. The molecule has 1 fully saturated rings. The third-order valence-electron chi connectivity index (χ3n) is 8.35. The van der Waals surface area contributed by atoms with Crippen molar-refractivity contribution in [2.75, 3.05) is 36.8 Å². The Balaban J connectivity index is 1.27. The number of anilines is 1. The van der Waals surface area contributed by atoms with Crippen LogP contribution in [0.15, 0.2) is 60.8 Å². The number of hydrogen-bond donors (Lipinski definition) is 1. The minimum atomic E-state index is -3.92. The number of piperazine rings is 1. The van der Waals surface area contributed by atoms with Gasteiger partial charge >= 0.3 is 0 Å². The summed E-state index contributed by atoms with van der Waals surface area (Å²) in [7, 11) is -3.92. The lowest BCUT2D eigenvalue weighted by Crippen LogP contribution is -2.48. The lowest BCUT2D eigenvalue weighted by atomic mass is 10.1. The van der Waals surface area contributed by atoms with Crippen molar-refractivity contribution in [1.82, 2.24) is 4.90 Å². The number of para-hydroxylation sites is 1. The molecule has 3 aromatic rings. The third kappa shape index (κ3) is 10.5. The first-order valence-electron chi connectivity index (χ1n) is 16.0. The zero-order valence-corrected chi connectivity index (χ0v) is 26.5. The first-order chi connectivity index (χ1) is 20.8. The Labute approximate surface area is 258 Å². The molecule has 43 heavy (non-hydrogen) atoms. The molecule has 1 aromatic heterocycles. The first-order valence-corrected chi connectivity index (χ1v) is 17.6. The van der Waals surface area contributed by atoms with Gasteiger partial charge in [-0.25, -0.2) is 0 Å². The van der Waals surface area contributed by atoms with Crippen LogP contribution in [0.4, 0.5) is 5.69 Å². The van der Waals surface area contributed by atoms with Gasteiger partial charge < -0.3 is 9.80 Å². The Bertz CT molecular complexity index is 1450. The van der Waals surface area contributed by atoms with E-state index in [1.165, 1.54) is 44.2 Å². The predicted octanol–water partition coefficient (Wildman–Crippen LogP) is 6.76. The van der Waals surface area contributed by atoms with Crippen molar-refractivity contribution in [3.05, 3.63) is 71.9 Å². The van der Waals surface area contributed by atoms with E-state index in [0.717, 1.165) is 54.6 Å². The molecule has 0 atom stereocenters. The van der Waals surface area contributed by atoms with Crippen molar-refractivity contribution in [1.29, 1.82) is 0 Å². The van der Waals surface area contributed by atoms with E-state index >= 15 is 0 Å². The number of fused-ring (bicyclic) bond motifs is 1. The molecule has 1 aliphatic heterocycles. The zero-order chi connectivity index (χ0) is 30.5. The SMILES string of the molecule is CCCCCCCCCC(=O)N1CCN(c2ccc(/C=C/c3cc[n+](CCCCS(=O)(=O)O)c4ccccc34)cc2)CC1. The predicted molar refractivity (Wildman–Crippen MR) is 177 cm³/mol. The standard InChI is InChI=1S/C35H47N3O4S/c1-2-3-4-5-6-7-8-15-35(39)38-27-25-36(26-28-38)32-20-17-30(18-21-32)16-19-31-22-24-37(23-11-12-29-43(40,41)42)34-14-10-9-13-33(31)34/h9-10,13-14,16-22,24H,2-8,11-12,15,23,25-29H2,1H3/p+1. The number of aromatic nitrogens is 1. The summed E-state index contributed by atoms with van der Waals surface area (Å²) in [5.41, 5.74) is 4.52. The highest BCUT2D eigenvalue weighted by Crippen LogP contribution is 2.21. The van der Waals surface area contributed by atoms with E-state index in [0.29, 0.717) is 31.7 Å². The van der Waals surface area contributed by atoms with Gasteiger partial charge in [-0.1, -0.05) is 81.9 Å². The minimum Gasteiger partial charge on any atom is -0.368 e. The third-order valence-corrected chi connectivity index (χ3v) is 9.15. The summed E-state index contributed by atoms with van der Waals surface area (Å²) >= 11 is 0. The number of benzene rings is 2. The Kier molecular flexibility index (Phi) is 12.6. The molecule has 0 saturated carbocycles. The summed E-state index contributed by atoms with van der Waals surface area (Å²) in [5.74, 6) is 0.102. The van der Waals surface area contributed by atoms with Crippen molar-refractivity contribution >= 4 is 44.8 Å². The molecule has 0 spiro atoms. The molecule has 0 radical (unpaired) electrons. The number of aryl methyl sites for hydroxylation is 1. The number of carbonyl (C=O) groups excluding carboxylic acids is 1. The van der Waals surface area contributed by atoms with Crippen LogP contribution in [0.25, 0.3) is 23.1 Å². The fourth-order valence-electron chi connectivity index (χ4n) is 5.80. The van der Waals surface area contributed by atoms with Crippen molar-refractivity contribution in [2.24, 2.45) is 0 Å². The topological polar surface area (TPSA) is 81.8 Å². The average molecular weight is 607 g/mol. The van der Waals surface area contributed by atoms with Crippen LogP contribution in [0.2, 0.25) is 0 Å². The summed E-state index contributed by atoms with van der Waals surface area (Å²) in [6.45, 7) is 6.23. The van der Waals surface area contributed by atoms with E-state index in [4.69, 9.17) is 4.55 Å². The van der Waals surface area contributed by atoms with Gasteiger partial charge in [0.1, 0.15) is 6.54 Å². The Morgan fingerprint density at radius 3 is 2.26 bits per heavy atom. The van der Waals surface area contributed by atoms with E-state index < -0.39 is 10.1 Å². The number of pyridine rings is 1. The van der Waals surface area contributed by atoms with E-state index in [-0.39, 0.29) is 5.75 Å². The summed E-state index contributed by atoms with van der Waals surface area (Å²) in [4.78, 5) is 17.1. The van der Waals surface area contributed by atoms with Gasteiger partial charge in [-0.3, -0.25) is 9.35 Å². The summed E-state index contributed by atoms with van der Waals surface area (Å²) in [6.07, 6.45) is 16.7. The molecular weight excluding hydrogens is 558 g/mol. The van der Waals surface area contributed by atoms with Gasteiger partial charge in [0.05, 0.1) is 11.1 Å². The Morgan fingerprint density at radius 1 is 0.837 bits per heavy atom. The molecule has 2 aromatic carbocycles. The fraction of sp³-hybridized carbons (Fsp3) is 0.486. The Hall–Kier alpha value is -3.23. The van der Waals surface area contributed by atoms with Gasteiger partial charge in [0.15, 0.2) is 6.20 Å². The van der Waals surface area contributed by atoms with Gasteiger partial charge in [0.2, 0.25) is 11.4 Å². The molecule has 0 unspecified atom stereocenters. The van der Waals surface area contributed by atoms with Crippen LogP contribution in [0, 0.1) is 0 Å². The van der Waals surface area contributed by atoms with Crippen LogP contribution in [-0.2, 0) is 21.5 Å². The van der Waals surface area contributed by atoms with Gasteiger partial charge in [-0.05, 0) is 42.2 Å². The zero-order valence-electron chi connectivity index (χ0n) is 25.7. The number of unbranched alkanes of at least 4 members (excludes halogenated alkanes) is 7. The van der Waals surface area contributed by atoms with Gasteiger partial charge in [0, 0.05) is 56.8 Å². The molecular formula is C35H48N3O4S+. The first kappa shape index (κ1) is 32.7. The van der Waals surface area contributed by atoms with E-state index in [9.17, 15) is 13.2 Å². The average Bonchev–Trinajstić information content (AvgIpc) is 3.02. The van der Waals surface area contributed by atoms with Gasteiger partial charge in [-0.15, -0.1) is 0 Å². The van der Waals surface area contributed by atoms with E-state index in [1.807, 2.05) is 23.2 Å². The van der Waals surface area contributed by atoms with E-state index in [2.05, 4.69) is 71.0 Å². The van der Waals surface area contributed by atoms with Crippen LogP contribution in [0.1, 0.15) is 82.3 Å². The second-order valence-electron chi connectivity index (χ2n) is 11.6. The summed E-state index contributed by atoms with van der Waals surface area (Å²) in [5, 5.41) is 1.13. The molecule has 7 nitrogen and oxygen atoms in total. The van der Waals surface area contributed by atoms with Gasteiger partial charge in [0.25, 0.3) is 10.1 Å². The number of rotatable bonds is 16. The number of nitrogens with zero attached hydrogens (tertiary/aromatic N) is 3. The number of hydrogen-bond acceptors (Lipinski definition) is 4. The highest BCUT2D eigenvalue weighted by Gasteiger charge is 2.21. The maximum atomic E-state index is 12.7. The summed E-state index contributed by atoms with van der Waals surface area (Å²) in [6, 6.07) is 18.9. The van der Waals surface area contributed by atoms with E-state index in [1.54, 1.807) is 0 Å². The molecule has 1 N–H and O–H groups in total. The number of carbonyl (C=O) groups is 1. The lowest BCUT2D eigenvalue weighted by molar-refractivity contribution is -0.671. The molecule has 8 heteroatoms. The molecule has 0 bridgehead atoms. The Morgan fingerprint density at radius 2 is 1.53 bits per heavy atom. The molecule has 2 heterocycles. The van der Waals surface area contributed by atoms with Crippen molar-refractivity contribution < 1.29 is 22.3 Å². The van der Waals surface area contributed by atoms with Crippen molar-refractivity contribution in [3.8, 4) is 0 Å². The quantitative estimate of drug-likeness (QED) is 0.111. The smallest absolute Gasteiger partial charge is 0.264 e. The van der Waals surface area contributed by atoms with Gasteiger partial charge in [-0.2, -0.15) is 13.0 Å². The second kappa shape index (κ2) is 16.6. The number of amides is 1. The van der Waals surface area contributed by atoms with Crippen molar-refractivity contribution in [2.45, 2.75) is 77.7 Å². The molecule has 1 saturated heterocycles. The second-order valence-corrected chi connectivity index (χ2v) is 13.2. The maximum Gasteiger partial charge on any atom is 0.264 e. The summed E-state index contributed by atoms with van der Waals surface area (Å²) < 4.78 is 33.1. The fourth-order valence-corrected chi connectivity index (χ4v) is 6.37. The molecule has 4 rings (SSSR count). The highest BCUT2D eigenvalue weighted by molar-refractivity contribution is 7.85. The lowest BCUT2D eigenvalue weighted by Gasteiger charge is -2.36. The largest absolute Gasteiger partial charge is 0.368 e. The van der Waals surface area contributed by atoms with Crippen molar-refractivity contribution in [3.63, 3.8) is 0 Å². The van der Waals surface area contributed by atoms with Crippen LogP contribution >= 0.6 is 0 Å². The molecule has 0 aliphatic carbocycles. The molecule has 1 aliphatic rings. The van der Waals surface area contributed by atoms with Crippen LogP contribution < -0.4 is 9.47 Å². The maximum absolute atomic E-state index is 12.7. The minimum absolute atomic E-state index is 0.208. The highest BCUT2D eigenvalue weighted by atomic mass is 32.2. The van der Waals surface area contributed by atoms with Crippen LogP contribution in [0.3, 0.4) is 0 Å². The van der Waals surface area contributed by atoms with Crippen LogP contribution in [0.5, 0.6) is 0 Å². The molecule has 1 amide bonds. The van der Waals surface area contributed by atoms with Crippen LogP contribution in [-0.4, -0.2) is 55.7 Å².